The molecule has 0 spiro atoms. The molecular weight excluding hydrogens is 560 g/mol. The number of rotatable bonds is 9. The highest BCUT2D eigenvalue weighted by atomic mass is 16.7. The van der Waals surface area contributed by atoms with E-state index < -0.39 is 29.2 Å². The number of nitrogen functional groups attached to an aromatic ring is 1. The predicted molar refractivity (Wildman–Crippen MR) is 153 cm³/mol. The zero-order valence-electron chi connectivity index (χ0n) is 23.5. The van der Waals surface area contributed by atoms with Gasteiger partial charge in [-0.25, -0.2) is 14.6 Å². The third-order valence-corrected chi connectivity index (χ3v) is 5.59. The monoisotopic (exact) mass is 588 g/mol. The largest absolute Gasteiger partial charge is 0.519 e. The standard InChI is InChI=1S/C29H28N6O8/c1-29(2,3)24-21(42-28(39)43-24)16-40-27(38)41-20-12-8-7-11-18(20)34-35-19-13-14-22(33-25(19)30)32-23(36)15-31-26(37)17-9-5-4-6-10-17/h4-14H,15-16H2,1-3H3,(H,31,37)(H3,30,32,33,36). The summed E-state index contributed by atoms with van der Waals surface area (Å²) >= 11 is 0. The summed E-state index contributed by atoms with van der Waals surface area (Å²) in [6.07, 6.45) is -1.08. The lowest BCUT2D eigenvalue weighted by molar-refractivity contribution is -0.115. The molecule has 0 aliphatic carbocycles. The minimum absolute atomic E-state index is 0.0360. The van der Waals surface area contributed by atoms with Crippen LogP contribution in [0, 0.1) is 0 Å². The van der Waals surface area contributed by atoms with Crippen LogP contribution in [0.2, 0.25) is 0 Å². The zero-order valence-corrected chi connectivity index (χ0v) is 23.5. The average molecular weight is 589 g/mol. The molecule has 14 nitrogen and oxygen atoms in total. The highest BCUT2D eigenvalue weighted by Gasteiger charge is 2.27. The molecule has 0 aliphatic rings. The summed E-state index contributed by atoms with van der Waals surface area (Å²) in [7, 11) is 0. The van der Waals surface area contributed by atoms with Gasteiger partial charge in [0.15, 0.2) is 29.7 Å². The molecule has 0 saturated heterocycles. The van der Waals surface area contributed by atoms with Crippen molar-refractivity contribution in [2.75, 3.05) is 17.6 Å². The molecule has 43 heavy (non-hydrogen) atoms. The summed E-state index contributed by atoms with van der Waals surface area (Å²) in [6, 6.07) is 17.7. The smallest absolute Gasteiger partial charge is 0.426 e. The number of ether oxygens (including phenoxy) is 2. The SMILES string of the molecule is CC(C)(C)c1oc(=O)oc1COC(=O)Oc1ccccc1N=Nc1ccc(NC(=O)CNC(=O)c2ccccc2)nc1N. The number of para-hydroxylation sites is 1. The lowest BCUT2D eigenvalue weighted by atomic mass is 9.92. The molecule has 222 valence electrons. The molecule has 4 rings (SSSR count). The third kappa shape index (κ3) is 8.36. The lowest BCUT2D eigenvalue weighted by Gasteiger charge is -2.14. The highest BCUT2D eigenvalue weighted by Crippen LogP contribution is 2.31. The molecule has 0 unspecified atom stereocenters. The van der Waals surface area contributed by atoms with Crippen LogP contribution in [-0.4, -0.2) is 29.5 Å². The van der Waals surface area contributed by atoms with Crippen molar-refractivity contribution < 1.29 is 32.7 Å². The minimum Gasteiger partial charge on any atom is -0.426 e. The van der Waals surface area contributed by atoms with Crippen molar-refractivity contribution in [2.45, 2.75) is 32.8 Å². The fourth-order valence-corrected chi connectivity index (χ4v) is 3.61. The molecule has 0 fully saturated rings. The van der Waals surface area contributed by atoms with Gasteiger partial charge in [-0.05, 0) is 36.4 Å². The van der Waals surface area contributed by atoms with E-state index in [2.05, 4.69) is 25.8 Å². The van der Waals surface area contributed by atoms with Gasteiger partial charge < -0.3 is 34.7 Å². The van der Waals surface area contributed by atoms with Crippen LogP contribution in [0.1, 0.15) is 42.6 Å². The van der Waals surface area contributed by atoms with Gasteiger partial charge in [-0.1, -0.05) is 51.1 Å². The van der Waals surface area contributed by atoms with E-state index in [1.165, 1.54) is 18.2 Å². The van der Waals surface area contributed by atoms with E-state index in [1.807, 2.05) is 20.8 Å². The molecule has 0 saturated carbocycles. The van der Waals surface area contributed by atoms with Crippen LogP contribution >= 0.6 is 0 Å². The van der Waals surface area contributed by atoms with Crippen LogP contribution < -0.4 is 26.9 Å². The first kappa shape index (κ1) is 30.2. The molecule has 2 aromatic heterocycles. The number of aromatic nitrogens is 1. The summed E-state index contributed by atoms with van der Waals surface area (Å²) in [4.78, 5) is 52.3. The topological polar surface area (TPSA) is 201 Å². The fraction of sp³-hybridized carbons (Fsp3) is 0.207. The fourth-order valence-electron chi connectivity index (χ4n) is 3.61. The number of anilines is 2. The van der Waals surface area contributed by atoms with E-state index in [-0.39, 0.29) is 53.4 Å². The summed E-state index contributed by atoms with van der Waals surface area (Å²) in [5, 5.41) is 13.2. The van der Waals surface area contributed by atoms with Crippen LogP contribution in [0.4, 0.5) is 27.8 Å². The maximum Gasteiger partial charge on any atom is 0.519 e. The van der Waals surface area contributed by atoms with Crippen LogP contribution in [0.3, 0.4) is 0 Å². The number of hydrogen-bond acceptors (Lipinski definition) is 12. The van der Waals surface area contributed by atoms with Gasteiger partial charge in [0.05, 0.1) is 6.54 Å². The average Bonchev–Trinajstić information content (AvgIpc) is 3.37. The van der Waals surface area contributed by atoms with E-state index in [0.717, 1.165) is 0 Å². The van der Waals surface area contributed by atoms with Gasteiger partial charge in [-0.2, -0.15) is 0 Å². The molecule has 0 bridgehead atoms. The van der Waals surface area contributed by atoms with Gasteiger partial charge in [0, 0.05) is 11.0 Å². The number of carbonyl (C=O) groups excluding carboxylic acids is 3. The number of pyridine rings is 1. The van der Waals surface area contributed by atoms with E-state index >= 15 is 0 Å². The molecule has 0 atom stereocenters. The Balaban J connectivity index is 1.34. The Morgan fingerprint density at radius 3 is 2.35 bits per heavy atom. The Hall–Kier alpha value is -5.79. The molecular formula is C29H28N6O8. The molecule has 2 amide bonds. The van der Waals surface area contributed by atoms with E-state index in [9.17, 15) is 19.2 Å². The third-order valence-electron chi connectivity index (χ3n) is 5.59. The second kappa shape index (κ2) is 13.2. The van der Waals surface area contributed by atoms with Gasteiger partial charge in [0.2, 0.25) is 5.91 Å². The molecule has 4 aromatic rings. The number of hydrogen-bond donors (Lipinski definition) is 3. The second-order valence-corrected chi connectivity index (χ2v) is 9.96. The molecule has 4 N–H and O–H groups in total. The number of azo groups is 1. The number of nitrogens with one attached hydrogen (secondary N) is 2. The van der Waals surface area contributed by atoms with Crippen LogP contribution in [0.15, 0.2) is 90.6 Å². The van der Waals surface area contributed by atoms with E-state index in [1.54, 1.807) is 48.5 Å². The number of benzene rings is 2. The van der Waals surface area contributed by atoms with Crippen LogP contribution in [0.25, 0.3) is 0 Å². The molecule has 0 aliphatic heterocycles. The van der Waals surface area contributed by atoms with Crippen molar-refractivity contribution in [3.63, 3.8) is 0 Å². The highest BCUT2D eigenvalue weighted by molar-refractivity contribution is 5.99. The Morgan fingerprint density at radius 2 is 1.63 bits per heavy atom. The molecule has 2 aromatic carbocycles. The number of nitrogens with two attached hydrogens (primary N) is 1. The Bertz CT molecular complexity index is 1710. The zero-order chi connectivity index (χ0) is 31.0. The van der Waals surface area contributed by atoms with Gasteiger partial charge in [-0.15, -0.1) is 10.2 Å². The van der Waals surface area contributed by atoms with E-state index in [0.29, 0.717) is 5.56 Å². The molecule has 2 heterocycles. The van der Waals surface area contributed by atoms with Crippen molar-refractivity contribution in [1.82, 2.24) is 10.3 Å². The Kier molecular flexibility index (Phi) is 9.30. The summed E-state index contributed by atoms with van der Waals surface area (Å²) in [6.45, 7) is 4.77. The minimum atomic E-state index is -1.08. The number of amides is 2. The number of carbonyl (C=O) groups is 3. The van der Waals surface area contributed by atoms with Crippen molar-refractivity contribution in [3.8, 4) is 5.75 Å². The number of nitrogens with zero attached hydrogens (tertiary/aromatic N) is 3. The normalized spacial score (nSPS) is 11.2. The van der Waals surface area contributed by atoms with E-state index in [4.69, 9.17) is 24.0 Å². The second-order valence-electron chi connectivity index (χ2n) is 9.96. The van der Waals surface area contributed by atoms with Crippen LogP contribution in [0.5, 0.6) is 5.75 Å². The first-order chi connectivity index (χ1) is 20.5. The van der Waals surface area contributed by atoms with Crippen molar-refractivity contribution in [3.05, 3.63) is 94.4 Å². The van der Waals surface area contributed by atoms with Gasteiger partial charge >= 0.3 is 12.0 Å². The molecule has 14 heteroatoms. The Morgan fingerprint density at radius 1 is 0.930 bits per heavy atom. The predicted octanol–water partition coefficient (Wildman–Crippen LogP) is 5.01. The quantitative estimate of drug-likeness (QED) is 0.136. The van der Waals surface area contributed by atoms with Gasteiger partial charge in [-0.3, -0.25) is 9.59 Å². The first-order valence-corrected chi connectivity index (χ1v) is 12.9. The van der Waals surface area contributed by atoms with Crippen LogP contribution in [-0.2, 0) is 21.6 Å². The van der Waals surface area contributed by atoms with Gasteiger partial charge in [0.1, 0.15) is 17.2 Å². The molecule has 0 radical (unpaired) electrons. The Labute approximate surface area is 244 Å². The summed E-state index contributed by atoms with van der Waals surface area (Å²) < 4.78 is 20.4. The maximum atomic E-state index is 12.4. The van der Waals surface area contributed by atoms with Crippen molar-refractivity contribution in [1.29, 1.82) is 0 Å². The van der Waals surface area contributed by atoms with Crippen molar-refractivity contribution in [2.24, 2.45) is 10.2 Å². The van der Waals surface area contributed by atoms with Gasteiger partial charge in [0.25, 0.3) is 5.91 Å². The first-order valence-electron chi connectivity index (χ1n) is 12.9. The summed E-state index contributed by atoms with van der Waals surface area (Å²) in [5.74, 6) is -1.33. The maximum absolute atomic E-state index is 12.4. The summed E-state index contributed by atoms with van der Waals surface area (Å²) in [5.41, 5.74) is 6.21. The van der Waals surface area contributed by atoms with Crippen molar-refractivity contribution >= 4 is 41.0 Å². The lowest BCUT2D eigenvalue weighted by Crippen LogP contribution is -2.33.